The van der Waals surface area contributed by atoms with Gasteiger partial charge in [0.25, 0.3) is 11.5 Å². The van der Waals surface area contributed by atoms with E-state index in [0.29, 0.717) is 23.4 Å². The van der Waals surface area contributed by atoms with E-state index < -0.39 is 0 Å². The Labute approximate surface area is 170 Å². The summed E-state index contributed by atoms with van der Waals surface area (Å²) in [7, 11) is 0. The highest BCUT2D eigenvalue weighted by molar-refractivity contribution is 7.99. The Morgan fingerprint density at radius 3 is 2.50 bits per heavy atom. The zero-order valence-electron chi connectivity index (χ0n) is 17.2. The van der Waals surface area contributed by atoms with Crippen molar-refractivity contribution >= 4 is 17.7 Å². The van der Waals surface area contributed by atoms with Gasteiger partial charge in [-0.1, -0.05) is 45.0 Å². The van der Waals surface area contributed by atoms with Crippen LogP contribution in [-0.4, -0.2) is 22.3 Å². The van der Waals surface area contributed by atoms with Gasteiger partial charge in [-0.25, -0.2) is 0 Å². The van der Waals surface area contributed by atoms with E-state index in [1.165, 1.54) is 17.3 Å². The molecule has 28 heavy (non-hydrogen) atoms. The number of aromatic nitrogens is 1. The lowest BCUT2D eigenvalue weighted by Gasteiger charge is -2.19. The number of pyridine rings is 1. The summed E-state index contributed by atoms with van der Waals surface area (Å²) in [4.78, 5) is 26.5. The minimum atomic E-state index is -0.339. The molecule has 5 nitrogen and oxygen atoms in total. The van der Waals surface area contributed by atoms with Crippen molar-refractivity contribution in [3.05, 3.63) is 63.1 Å². The van der Waals surface area contributed by atoms with E-state index in [0.717, 1.165) is 10.5 Å². The van der Waals surface area contributed by atoms with E-state index in [1.54, 1.807) is 10.8 Å². The lowest BCUT2D eigenvalue weighted by molar-refractivity contribution is 0.0939. The normalized spacial score (nSPS) is 16.3. The maximum atomic E-state index is 13.0. The van der Waals surface area contributed by atoms with Crippen LogP contribution in [0.1, 0.15) is 67.7 Å². The summed E-state index contributed by atoms with van der Waals surface area (Å²) in [5.41, 5.74) is 9.52. The van der Waals surface area contributed by atoms with Gasteiger partial charge < -0.3 is 15.6 Å². The Morgan fingerprint density at radius 1 is 1.29 bits per heavy atom. The van der Waals surface area contributed by atoms with Crippen LogP contribution in [0.15, 0.2) is 40.2 Å². The maximum absolute atomic E-state index is 13.0. The third-order valence-corrected chi connectivity index (χ3v) is 6.14. The summed E-state index contributed by atoms with van der Waals surface area (Å²) in [5, 5.41) is 2.93. The molecule has 150 valence electrons. The number of carbonyl (C=O) groups is 1. The maximum Gasteiger partial charge on any atom is 0.256 e. The quantitative estimate of drug-likeness (QED) is 0.826. The predicted molar refractivity (Wildman–Crippen MR) is 115 cm³/mol. The molecule has 0 bridgehead atoms. The van der Waals surface area contributed by atoms with Gasteiger partial charge in [0.15, 0.2) is 0 Å². The number of benzene rings is 1. The first-order chi connectivity index (χ1) is 13.1. The van der Waals surface area contributed by atoms with Gasteiger partial charge in [-0.15, -0.1) is 11.8 Å². The van der Waals surface area contributed by atoms with E-state index in [2.05, 4.69) is 38.2 Å². The molecule has 1 amide bonds. The Morgan fingerprint density at radius 2 is 1.93 bits per heavy atom. The van der Waals surface area contributed by atoms with E-state index >= 15 is 0 Å². The van der Waals surface area contributed by atoms with Crippen LogP contribution in [-0.2, 0) is 12.0 Å². The number of fused-ring (bicyclic) bond motifs is 1. The van der Waals surface area contributed by atoms with Gasteiger partial charge >= 0.3 is 0 Å². The zero-order chi connectivity index (χ0) is 20.6. The molecule has 0 spiro atoms. The van der Waals surface area contributed by atoms with Gasteiger partial charge in [0.1, 0.15) is 0 Å². The van der Waals surface area contributed by atoms with Gasteiger partial charge in [0.05, 0.1) is 12.1 Å². The molecule has 0 aliphatic carbocycles. The van der Waals surface area contributed by atoms with Crippen molar-refractivity contribution in [2.45, 2.75) is 63.6 Å². The number of nitrogens with two attached hydrogens (primary N) is 1. The fourth-order valence-corrected chi connectivity index (χ4v) is 4.54. The molecule has 1 aromatic heterocycles. The molecule has 1 atom stereocenters. The SMILES string of the molecule is CC(C)NC(=O)c1cn(Cc2ccc(C(C)(C)C)cc2)c(=O)c2c1SC[C@@H]2N. The Bertz CT molecular complexity index is 940. The van der Waals surface area contributed by atoms with Crippen molar-refractivity contribution in [1.82, 2.24) is 9.88 Å². The smallest absolute Gasteiger partial charge is 0.256 e. The molecule has 0 unspecified atom stereocenters. The van der Waals surface area contributed by atoms with E-state index in [9.17, 15) is 9.59 Å². The molecule has 0 saturated heterocycles. The van der Waals surface area contributed by atoms with E-state index in [1.807, 2.05) is 26.0 Å². The van der Waals surface area contributed by atoms with Crippen LogP contribution in [0.2, 0.25) is 0 Å². The van der Waals surface area contributed by atoms with Crippen LogP contribution in [0.4, 0.5) is 0 Å². The molecule has 0 radical (unpaired) electrons. The van der Waals surface area contributed by atoms with Gasteiger partial charge in [-0.3, -0.25) is 9.59 Å². The van der Waals surface area contributed by atoms with Crippen LogP contribution < -0.4 is 16.6 Å². The second-order valence-corrected chi connectivity index (χ2v) is 9.74. The molecule has 0 fully saturated rings. The Balaban J connectivity index is 2.00. The molecule has 2 heterocycles. The first-order valence-electron chi connectivity index (χ1n) is 9.64. The molecular weight excluding hydrogens is 370 g/mol. The Hall–Kier alpha value is -2.05. The minimum absolute atomic E-state index is 0.0218. The summed E-state index contributed by atoms with van der Waals surface area (Å²) >= 11 is 1.49. The van der Waals surface area contributed by atoms with Gasteiger partial charge in [0, 0.05) is 34.5 Å². The number of nitrogens with one attached hydrogen (secondary N) is 1. The largest absolute Gasteiger partial charge is 0.350 e. The highest BCUT2D eigenvalue weighted by Crippen LogP contribution is 2.37. The number of thioether (sulfide) groups is 1. The summed E-state index contributed by atoms with van der Waals surface area (Å²) in [5.74, 6) is 0.460. The summed E-state index contributed by atoms with van der Waals surface area (Å²) in [6.07, 6.45) is 1.68. The molecule has 1 aromatic carbocycles. The lowest BCUT2D eigenvalue weighted by atomic mass is 9.87. The van der Waals surface area contributed by atoms with E-state index in [4.69, 9.17) is 5.73 Å². The van der Waals surface area contributed by atoms with Crippen molar-refractivity contribution in [2.24, 2.45) is 5.73 Å². The topological polar surface area (TPSA) is 77.1 Å². The highest BCUT2D eigenvalue weighted by atomic mass is 32.2. The molecule has 3 N–H and O–H groups in total. The number of rotatable bonds is 4. The molecule has 0 saturated carbocycles. The van der Waals surface area contributed by atoms with Gasteiger partial charge in [-0.2, -0.15) is 0 Å². The third kappa shape index (κ3) is 4.18. The van der Waals surface area contributed by atoms with Crippen LogP contribution >= 0.6 is 11.8 Å². The highest BCUT2D eigenvalue weighted by Gasteiger charge is 2.30. The number of carbonyl (C=O) groups excluding carboxylic acids is 1. The van der Waals surface area contributed by atoms with Crippen LogP contribution in [0.25, 0.3) is 0 Å². The summed E-state index contributed by atoms with van der Waals surface area (Å²) in [6, 6.07) is 7.97. The van der Waals surface area contributed by atoms with Crippen molar-refractivity contribution in [3.63, 3.8) is 0 Å². The first kappa shape index (κ1) is 20.7. The monoisotopic (exact) mass is 399 g/mol. The van der Waals surface area contributed by atoms with Crippen LogP contribution in [0.5, 0.6) is 0 Å². The molecular formula is C22H29N3O2S. The number of amides is 1. The van der Waals surface area contributed by atoms with Crippen molar-refractivity contribution in [2.75, 3.05) is 5.75 Å². The molecule has 6 heteroatoms. The van der Waals surface area contributed by atoms with Crippen molar-refractivity contribution < 1.29 is 4.79 Å². The zero-order valence-corrected chi connectivity index (χ0v) is 18.0. The minimum Gasteiger partial charge on any atom is -0.350 e. The van der Waals surface area contributed by atoms with Crippen LogP contribution in [0, 0.1) is 0 Å². The first-order valence-corrected chi connectivity index (χ1v) is 10.6. The van der Waals surface area contributed by atoms with Gasteiger partial charge in [-0.05, 0) is 30.4 Å². The lowest BCUT2D eigenvalue weighted by Crippen LogP contribution is -2.34. The fraction of sp³-hybridized carbons (Fsp3) is 0.455. The summed E-state index contributed by atoms with van der Waals surface area (Å²) in [6.45, 7) is 10.8. The second-order valence-electron chi connectivity index (χ2n) is 8.71. The molecule has 1 aliphatic rings. The average Bonchev–Trinajstić information content (AvgIpc) is 2.98. The third-order valence-electron chi connectivity index (χ3n) is 4.88. The standard InChI is InChI=1S/C22H29N3O2S/c1-13(2)24-20(26)16-11-25(21(27)18-17(23)12-28-19(16)18)10-14-6-8-15(9-7-14)22(3,4)5/h6-9,11,13,17H,10,12,23H2,1-5H3,(H,24,26)/t17-/m0/s1. The second kappa shape index (κ2) is 7.76. The van der Waals surface area contributed by atoms with Gasteiger partial charge in [0.2, 0.25) is 0 Å². The number of hydrogen-bond acceptors (Lipinski definition) is 4. The molecule has 1 aliphatic heterocycles. The van der Waals surface area contributed by atoms with Crippen molar-refractivity contribution in [3.8, 4) is 0 Å². The fourth-order valence-electron chi connectivity index (χ4n) is 3.33. The van der Waals surface area contributed by atoms with Crippen molar-refractivity contribution in [1.29, 1.82) is 0 Å². The molecule has 2 aromatic rings. The number of hydrogen-bond donors (Lipinski definition) is 2. The number of nitrogens with zero attached hydrogens (tertiary/aromatic N) is 1. The Kier molecular flexibility index (Phi) is 5.73. The van der Waals surface area contributed by atoms with Crippen LogP contribution in [0.3, 0.4) is 0 Å². The summed E-state index contributed by atoms with van der Waals surface area (Å²) < 4.78 is 1.62. The molecule has 3 rings (SSSR count). The predicted octanol–water partition coefficient (Wildman–Crippen LogP) is 3.44. The average molecular weight is 400 g/mol. The van der Waals surface area contributed by atoms with E-state index in [-0.39, 0.29) is 29.0 Å².